The summed E-state index contributed by atoms with van der Waals surface area (Å²) in [5.41, 5.74) is -2.35. The van der Waals surface area contributed by atoms with Crippen LogP contribution in [0.4, 0.5) is 17.6 Å². The number of hydrogen-bond donors (Lipinski definition) is 1. The summed E-state index contributed by atoms with van der Waals surface area (Å²) in [4.78, 5) is 13.0. The first-order valence-corrected chi connectivity index (χ1v) is 11.9. The molecule has 0 saturated carbocycles. The van der Waals surface area contributed by atoms with Gasteiger partial charge in [0, 0.05) is 22.8 Å². The molecule has 5 rings (SSSR count). The van der Waals surface area contributed by atoms with Crippen molar-refractivity contribution in [2.24, 2.45) is 0 Å². The van der Waals surface area contributed by atoms with E-state index in [1.54, 1.807) is 0 Å². The van der Waals surface area contributed by atoms with E-state index in [0.29, 0.717) is 4.57 Å². The summed E-state index contributed by atoms with van der Waals surface area (Å²) < 4.78 is 90.4. The molecule has 0 aliphatic carbocycles. The van der Waals surface area contributed by atoms with Crippen LogP contribution in [0, 0.1) is 11.6 Å². The van der Waals surface area contributed by atoms with Crippen LogP contribution < -0.4 is 10.4 Å². The van der Waals surface area contributed by atoms with Gasteiger partial charge in [0.15, 0.2) is 11.4 Å². The molecule has 0 amide bonds. The monoisotopic (exact) mass is 516 g/mol. The minimum Gasteiger partial charge on any atom is -0.354 e. The number of sulfonamides is 1. The van der Waals surface area contributed by atoms with Crippen LogP contribution >= 0.6 is 11.6 Å². The van der Waals surface area contributed by atoms with Gasteiger partial charge in [-0.1, -0.05) is 22.8 Å². The number of hydrogen-bond acceptors (Lipinski definition) is 5. The van der Waals surface area contributed by atoms with Crippen LogP contribution in [-0.4, -0.2) is 35.0 Å². The highest BCUT2D eigenvalue weighted by Crippen LogP contribution is 2.40. The number of halogens is 5. The Morgan fingerprint density at radius 3 is 2.53 bits per heavy atom. The number of nitrogens with one attached hydrogen (secondary N) is 1. The first-order chi connectivity index (χ1) is 15.9. The van der Waals surface area contributed by atoms with Gasteiger partial charge in [0.1, 0.15) is 23.4 Å². The lowest BCUT2D eigenvalue weighted by atomic mass is 10.0. The Balaban J connectivity index is 1.72. The SMILES string of the molecule is CS(=O)(=O)N[C@@H]1Cn2c(cn(-c3noc4cc(Cl)cc(-c5c(F)cccc5F)c34)c2=O)C1(F)F. The number of aromatic nitrogens is 3. The minimum absolute atomic E-state index is 0.0334. The molecular weight excluding hydrogens is 504 g/mol. The van der Waals surface area contributed by atoms with Crippen molar-refractivity contribution < 1.29 is 30.5 Å². The van der Waals surface area contributed by atoms with Gasteiger partial charge in [-0.15, -0.1) is 0 Å². The highest BCUT2D eigenvalue weighted by Gasteiger charge is 2.52. The lowest BCUT2D eigenvalue weighted by molar-refractivity contribution is -0.0248. The summed E-state index contributed by atoms with van der Waals surface area (Å²) in [6, 6.07) is 3.87. The molecule has 1 N–H and O–H groups in total. The van der Waals surface area contributed by atoms with Crippen LogP contribution in [-0.2, 0) is 22.5 Å². The van der Waals surface area contributed by atoms with Crippen LogP contribution in [0.3, 0.4) is 0 Å². The highest BCUT2D eigenvalue weighted by atomic mass is 35.5. The van der Waals surface area contributed by atoms with E-state index < -0.39 is 57.1 Å². The largest absolute Gasteiger partial charge is 0.354 e. The average Bonchev–Trinajstić information content (AvgIpc) is 3.34. The minimum atomic E-state index is -3.98. The van der Waals surface area contributed by atoms with Crippen molar-refractivity contribution in [2.45, 2.75) is 18.5 Å². The topological polar surface area (TPSA) is 99.1 Å². The zero-order chi connectivity index (χ0) is 24.6. The molecule has 34 heavy (non-hydrogen) atoms. The van der Waals surface area contributed by atoms with Crippen LogP contribution in [0.1, 0.15) is 5.69 Å². The number of alkyl halides is 2. The number of imidazole rings is 1. The maximum Gasteiger partial charge on any atom is 0.334 e. The second-order valence-electron chi connectivity index (χ2n) is 7.77. The molecule has 14 heteroatoms. The molecule has 0 bridgehead atoms. The van der Waals surface area contributed by atoms with Gasteiger partial charge in [-0.05, 0) is 18.2 Å². The Bertz CT molecular complexity index is 1620. The maximum absolute atomic E-state index is 14.9. The zero-order valence-corrected chi connectivity index (χ0v) is 18.6. The lowest BCUT2D eigenvalue weighted by Gasteiger charge is -2.18. The fourth-order valence-corrected chi connectivity index (χ4v) is 5.01. The van der Waals surface area contributed by atoms with E-state index in [-0.39, 0.29) is 27.4 Å². The van der Waals surface area contributed by atoms with E-state index in [0.717, 1.165) is 35.2 Å². The third-order valence-electron chi connectivity index (χ3n) is 5.46. The van der Waals surface area contributed by atoms with Crippen molar-refractivity contribution >= 4 is 32.6 Å². The van der Waals surface area contributed by atoms with E-state index in [9.17, 15) is 30.8 Å². The lowest BCUT2D eigenvalue weighted by Crippen LogP contribution is -2.44. The number of rotatable bonds is 4. The van der Waals surface area contributed by atoms with Crippen LogP contribution in [0.15, 0.2) is 45.8 Å². The van der Waals surface area contributed by atoms with Crippen LogP contribution in [0.2, 0.25) is 5.02 Å². The van der Waals surface area contributed by atoms with Crippen molar-refractivity contribution in [3.63, 3.8) is 0 Å². The van der Waals surface area contributed by atoms with E-state index >= 15 is 0 Å². The smallest absolute Gasteiger partial charge is 0.334 e. The Hall–Kier alpha value is -3.16. The number of benzene rings is 2. The molecular formula is C20H13ClF4N4O4S. The molecule has 1 aliphatic rings. The first-order valence-electron chi connectivity index (χ1n) is 9.60. The molecule has 8 nitrogen and oxygen atoms in total. The van der Waals surface area contributed by atoms with Gasteiger partial charge in [-0.25, -0.2) is 31.3 Å². The van der Waals surface area contributed by atoms with Crippen molar-refractivity contribution in [2.75, 3.05) is 6.26 Å². The van der Waals surface area contributed by atoms with Gasteiger partial charge in [-0.2, -0.15) is 8.78 Å². The van der Waals surface area contributed by atoms with Crippen molar-refractivity contribution in [3.05, 3.63) is 69.4 Å². The van der Waals surface area contributed by atoms with Crippen LogP contribution in [0.5, 0.6) is 0 Å². The van der Waals surface area contributed by atoms with Crippen molar-refractivity contribution in [1.29, 1.82) is 0 Å². The molecule has 0 spiro atoms. The molecule has 1 atom stereocenters. The predicted octanol–water partition coefficient (Wildman–Crippen LogP) is 3.40. The standard InChI is InChI=1S/C20H13ClF4N4O4S/c1-34(31,32)27-14-7-28-15(20(14,24)25)8-29(19(28)30)18-17-10(5-9(21)6-13(17)33-26-18)16-11(22)3-2-4-12(16)23/h2-6,8,14,27H,7H2,1H3/t14-/m1/s1. The van der Waals surface area contributed by atoms with Gasteiger partial charge in [0.25, 0.3) is 0 Å². The molecule has 0 fully saturated rings. The summed E-state index contributed by atoms with van der Waals surface area (Å²) in [6.45, 7) is -0.641. The van der Waals surface area contributed by atoms with E-state index in [1.807, 2.05) is 4.72 Å². The van der Waals surface area contributed by atoms with E-state index in [2.05, 4.69) is 5.16 Å². The molecule has 1 aliphatic heterocycles. The zero-order valence-electron chi connectivity index (χ0n) is 17.0. The second-order valence-corrected chi connectivity index (χ2v) is 9.99. The molecule has 4 aromatic rings. The highest BCUT2D eigenvalue weighted by molar-refractivity contribution is 7.88. The van der Waals surface area contributed by atoms with E-state index in [4.69, 9.17) is 16.1 Å². The Labute approximate surface area is 193 Å². The molecule has 0 saturated heterocycles. The van der Waals surface area contributed by atoms with Gasteiger partial charge in [0.05, 0.1) is 23.8 Å². The molecule has 2 aromatic heterocycles. The molecule has 0 radical (unpaired) electrons. The third-order valence-corrected chi connectivity index (χ3v) is 6.39. The number of nitrogens with zero attached hydrogens (tertiary/aromatic N) is 3. The van der Waals surface area contributed by atoms with Gasteiger partial charge >= 0.3 is 11.6 Å². The fourth-order valence-electron chi connectivity index (χ4n) is 4.06. The predicted molar refractivity (Wildman–Crippen MR) is 114 cm³/mol. The van der Waals surface area contributed by atoms with Crippen LogP contribution in [0.25, 0.3) is 27.9 Å². The summed E-state index contributed by atoms with van der Waals surface area (Å²) in [7, 11) is -3.98. The first kappa shape index (κ1) is 22.6. The molecule has 0 unspecified atom stereocenters. The van der Waals surface area contributed by atoms with Gasteiger partial charge in [-0.3, -0.25) is 4.57 Å². The molecule has 3 heterocycles. The van der Waals surface area contributed by atoms with Gasteiger partial charge < -0.3 is 4.52 Å². The molecule has 178 valence electrons. The second kappa shape index (κ2) is 7.42. The fraction of sp³-hybridized carbons (Fsp3) is 0.200. The summed E-state index contributed by atoms with van der Waals surface area (Å²) in [6.07, 6.45) is 1.52. The van der Waals surface area contributed by atoms with Gasteiger partial charge in [0.2, 0.25) is 10.0 Å². The normalized spacial score (nSPS) is 17.4. The molecule has 2 aromatic carbocycles. The maximum atomic E-state index is 14.9. The Morgan fingerprint density at radius 2 is 1.91 bits per heavy atom. The summed E-state index contributed by atoms with van der Waals surface area (Å²) in [5, 5.41) is 3.79. The van der Waals surface area contributed by atoms with Crippen molar-refractivity contribution in [3.8, 4) is 16.9 Å². The Morgan fingerprint density at radius 1 is 1.24 bits per heavy atom. The van der Waals surface area contributed by atoms with Crippen molar-refractivity contribution in [1.82, 2.24) is 19.0 Å². The number of fused-ring (bicyclic) bond motifs is 2. The third kappa shape index (κ3) is 3.42. The summed E-state index contributed by atoms with van der Waals surface area (Å²) >= 11 is 6.07. The average molecular weight is 517 g/mol. The Kier molecular flexibility index (Phi) is 4.94. The summed E-state index contributed by atoms with van der Waals surface area (Å²) in [5.74, 6) is -5.87. The van der Waals surface area contributed by atoms with E-state index in [1.165, 1.54) is 12.1 Å². The quantitative estimate of drug-likeness (QED) is 0.419.